The van der Waals surface area contributed by atoms with Crippen LogP contribution in [0.4, 0.5) is 0 Å². The number of aliphatic imine (C=N–C) groups is 2. The van der Waals surface area contributed by atoms with Crippen molar-refractivity contribution < 1.29 is 0 Å². The minimum atomic E-state index is 0.766. The highest BCUT2D eigenvalue weighted by Crippen LogP contribution is 2.11. The molecular formula is C17H18N2S2. The first-order chi connectivity index (χ1) is 10.3. The largest absolute Gasteiger partial charge is 0.292 e. The van der Waals surface area contributed by atoms with Crippen LogP contribution in [0.2, 0.25) is 0 Å². The number of hydrogen-bond donors (Lipinski definition) is 2. The third kappa shape index (κ3) is 5.40. The van der Waals surface area contributed by atoms with Crippen LogP contribution in [0.15, 0.2) is 68.3 Å². The molecule has 108 valence electrons. The molecule has 0 amide bonds. The number of benzene rings is 2. The van der Waals surface area contributed by atoms with Crippen molar-refractivity contribution in [3.8, 4) is 0 Å². The lowest BCUT2D eigenvalue weighted by Gasteiger charge is -1.98. The Kier molecular flexibility index (Phi) is 6.57. The molecule has 0 saturated heterocycles. The Hall–Kier alpha value is -1.52. The van der Waals surface area contributed by atoms with Gasteiger partial charge < -0.3 is 0 Å². The van der Waals surface area contributed by atoms with Gasteiger partial charge in [0.25, 0.3) is 0 Å². The van der Waals surface area contributed by atoms with Gasteiger partial charge in [0.1, 0.15) is 0 Å². The predicted molar refractivity (Wildman–Crippen MR) is 96.9 cm³/mol. The molecule has 0 heterocycles. The molecule has 2 aromatic carbocycles. The number of rotatable bonds is 6. The minimum Gasteiger partial charge on any atom is -0.292 e. The van der Waals surface area contributed by atoms with Crippen molar-refractivity contribution in [2.24, 2.45) is 9.98 Å². The van der Waals surface area contributed by atoms with Gasteiger partial charge in [0.2, 0.25) is 0 Å². The fourth-order valence-electron chi connectivity index (χ4n) is 1.77. The van der Waals surface area contributed by atoms with Crippen molar-refractivity contribution in [3.63, 3.8) is 0 Å². The number of nitrogens with zero attached hydrogens (tertiary/aromatic N) is 2. The zero-order valence-electron chi connectivity index (χ0n) is 11.7. The molecule has 2 rings (SSSR count). The van der Waals surface area contributed by atoms with Gasteiger partial charge in [0, 0.05) is 46.4 Å². The standard InChI is InChI=1S/C17H18N2S2/c20-16-8-3-1-6-14(16)12-18-10-5-11-19-13-15-7-2-4-9-17(15)21/h1-4,6-9,12-13,20-21H,5,10-11H2. The van der Waals surface area contributed by atoms with E-state index in [0.29, 0.717) is 0 Å². The third-order valence-electron chi connectivity index (χ3n) is 2.91. The van der Waals surface area contributed by atoms with E-state index in [1.54, 1.807) is 0 Å². The first kappa shape index (κ1) is 15.9. The molecule has 21 heavy (non-hydrogen) atoms. The summed E-state index contributed by atoms with van der Waals surface area (Å²) in [7, 11) is 0. The third-order valence-corrected chi connectivity index (χ3v) is 3.72. The van der Waals surface area contributed by atoms with Gasteiger partial charge in [0.15, 0.2) is 0 Å². The number of hydrogen-bond acceptors (Lipinski definition) is 4. The lowest BCUT2D eigenvalue weighted by Crippen LogP contribution is -1.90. The van der Waals surface area contributed by atoms with Gasteiger partial charge >= 0.3 is 0 Å². The van der Waals surface area contributed by atoms with Crippen molar-refractivity contribution >= 4 is 37.7 Å². The topological polar surface area (TPSA) is 24.7 Å². The zero-order valence-corrected chi connectivity index (χ0v) is 13.5. The average molecular weight is 314 g/mol. The second kappa shape index (κ2) is 8.70. The highest BCUT2D eigenvalue weighted by Gasteiger charge is 1.93. The average Bonchev–Trinajstić information content (AvgIpc) is 2.50. The van der Waals surface area contributed by atoms with Gasteiger partial charge in [-0.2, -0.15) is 0 Å². The maximum atomic E-state index is 4.40. The summed E-state index contributed by atoms with van der Waals surface area (Å²) in [5.41, 5.74) is 2.10. The summed E-state index contributed by atoms with van der Waals surface area (Å²) < 4.78 is 0. The summed E-state index contributed by atoms with van der Waals surface area (Å²) >= 11 is 8.77. The second-order valence-electron chi connectivity index (χ2n) is 4.54. The molecule has 0 radical (unpaired) electrons. The van der Waals surface area contributed by atoms with Crippen LogP contribution in [0.25, 0.3) is 0 Å². The van der Waals surface area contributed by atoms with E-state index < -0.39 is 0 Å². The molecule has 2 aromatic rings. The Balaban J connectivity index is 1.73. The van der Waals surface area contributed by atoms with E-state index in [-0.39, 0.29) is 0 Å². The van der Waals surface area contributed by atoms with Crippen molar-refractivity contribution in [1.82, 2.24) is 0 Å². The zero-order chi connectivity index (χ0) is 14.9. The Morgan fingerprint density at radius 3 is 1.57 bits per heavy atom. The molecule has 0 atom stereocenters. The highest BCUT2D eigenvalue weighted by molar-refractivity contribution is 7.80. The summed E-state index contributed by atoms with van der Waals surface area (Å²) in [6.45, 7) is 1.53. The lowest BCUT2D eigenvalue weighted by molar-refractivity contribution is 0.850. The van der Waals surface area contributed by atoms with E-state index in [2.05, 4.69) is 35.2 Å². The molecule has 0 fully saturated rings. The summed E-state index contributed by atoms with van der Waals surface area (Å²) in [6, 6.07) is 15.8. The Morgan fingerprint density at radius 1 is 0.714 bits per heavy atom. The van der Waals surface area contributed by atoms with Crippen LogP contribution in [-0.2, 0) is 0 Å². The molecule has 0 unspecified atom stereocenters. The van der Waals surface area contributed by atoms with E-state index in [1.165, 1.54) is 0 Å². The van der Waals surface area contributed by atoms with E-state index in [1.807, 2.05) is 61.0 Å². The molecule has 4 heteroatoms. The summed E-state index contributed by atoms with van der Waals surface area (Å²) in [4.78, 5) is 10.7. The van der Waals surface area contributed by atoms with E-state index in [4.69, 9.17) is 0 Å². The molecule has 0 aliphatic heterocycles. The van der Waals surface area contributed by atoms with Gasteiger partial charge in [-0.1, -0.05) is 36.4 Å². The normalized spacial score (nSPS) is 11.5. The minimum absolute atomic E-state index is 0.766. The molecule has 2 nitrogen and oxygen atoms in total. The molecule has 0 N–H and O–H groups in total. The molecule has 0 spiro atoms. The monoisotopic (exact) mass is 314 g/mol. The Morgan fingerprint density at radius 2 is 1.14 bits per heavy atom. The molecular weight excluding hydrogens is 296 g/mol. The van der Waals surface area contributed by atoms with Crippen LogP contribution >= 0.6 is 25.3 Å². The summed E-state index contributed by atoms with van der Waals surface area (Å²) in [6.07, 6.45) is 4.67. The van der Waals surface area contributed by atoms with Crippen LogP contribution in [0.5, 0.6) is 0 Å². The first-order valence-electron chi connectivity index (χ1n) is 6.83. The van der Waals surface area contributed by atoms with Crippen LogP contribution < -0.4 is 0 Å². The fourth-order valence-corrected chi connectivity index (χ4v) is 2.21. The van der Waals surface area contributed by atoms with Crippen molar-refractivity contribution in [2.45, 2.75) is 16.2 Å². The van der Waals surface area contributed by atoms with E-state index in [9.17, 15) is 0 Å². The summed E-state index contributed by atoms with van der Waals surface area (Å²) in [5.74, 6) is 0. The lowest BCUT2D eigenvalue weighted by atomic mass is 10.2. The van der Waals surface area contributed by atoms with Crippen LogP contribution in [0.1, 0.15) is 17.5 Å². The van der Waals surface area contributed by atoms with Gasteiger partial charge in [-0.05, 0) is 18.6 Å². The van der Waals surface area contributed by atoms with Crippen LogP contribution in [0.3, 0.4) is 0 Å². The maximum Gasteiger partial charge on any atom is 0.0407 e. The van der Waals surface area contributed by atoms with E-state index in [0.717, 1.165) is 40.4 Å². The van der Waals surface area contributed by atoms with Crippen molar-refractivity contribution in [2.75, 3.05) is 13.1 Å². The van der Waals surface area contributed by atoms with Gasteiger partial charge in [-0.3, -0.25) is 9.98 Å². The van der Waals surface area contributed by atoms with E-state index >= 15 is 0 Å². The molecule has 0 aliphatic rings. The fraction of sp³-hybridized carbons (Fsp3) is 0.176. The molecule has 0 saturated carbocycles. The van der Waals surface area contributed by atoms with Crippen LogP contribution in [-0.4, -0.2) is 25.5 Å². The van der Waals surface area contributed by atoms with Gasteiger partial charge in [0.05, 0.1) is 0 Å². The maximum absolute atomic E-state index is 4.40. The quantitative estimate of drug-likeness (QED) is 0.454. The van der Waals surface area contributed by atoms with Crippen LogP contribution in [0, 0.1) is 0 Å². The smallest absolute Gasteiger partial charge is 0.0407 e. The molecule has 0 bridgehead atoms. The molecule has 0 aliphatic carbocycles. The summed E-state index contributed by atoms with van der Waals surface area (Å²) in [5, 5.41) is 0. The second-order valence-corrected chi connectivity index (χ2v) is 5.51. The highest BCUT2D eigenvalue weighted by atomic mass is 32.1. The van der Waals surface area contributed by atoms with Crippen molar-refractivity contribution in [3.05, 3.63) is 59.7 Å². The van der Waals surface area contributed by atoms with Gasteiger partial charge in [-0.15, -0.1) is 25.3 Å². The predicted octanol–water partition coefficient (Wildman–Crippen LogP) is 4.19. The molecule has 0 aromatic heterocycles. The first-order valence-corrected chi connectivity index (χ1v) is 7.72. The Labute approximate surface area is 136 Å². The van der Waals surface area contributed by atoms with Gasteiger partial charge in [-0.25, -0.2) is 0 Å². The number of thiol groups is 2. The van der Waals surface area contributed by atoms with Crippen molar-refractivity contribution in [1.29, 1.82) is 0 Å². The SMILES string of the molecule is Sc1ccccc1C=NCCCN=Cc1ccccc1S. The Bertz CT molecular complexity index is 581.